The molecule has 0 saturated carbocycles. The third-order valence-corrected chi connectivity index (χ3v) is 5.63. The van der Waals surface area contributed by atoms with Gasteiger partial charge in [0.2, 0.25) is 0 Å². The van der Waals surface area contributed by atoms with Crippen LogP contribution in [0.3, 0.4) is 0 Å². The fraction of sp³-hybridized carbons (Fsp3) is 0.882. The van der Waals surface area contributed by atoms with Gasteiger partial charge in [-0.25, -0.2) is 0 Å². The molecule has 9 heteroatoms. The minimum atomic E-state index is -0.464. The van der Waals surface area contributed by atoms with E-state index in [1.165, 1.54) is 0 Å². The van der Waals surface area contributed by atoms with Crippen molar-refractivity contribution in [3.05, 3.63) is 12.7 Å². The highest BCUT2D eigenvalue weighted by atomic mass is 31.0. The molecule has 10 atom stereocenters. The summed E-state index contributed by atoms with van der Waals surface area (Å²) in [6, 6.07) is 0. The van der Waals surface area contributed by atoms with Crippen molar-refractivity contribution in [1.29, 1.82) is 0 Å². The lowest BCUT2D eigenvalue weighted by Gasteiger charge is -2.22. The number of allylic oxidation sites excluding steroid dienone is 1. The zero-order valence-corrected chi connectivity index (χ0v) is 17.8. The molecule has 2 rings (SSSR count). The van der Waals surface area contributed by atoms with Crippen LogP contribution in [-0.4, -0.2) is 61.9 Å². The maximum absolute atomic E-state index is 9.41. The summed E-state index contributed by atoms with van der Waals surface area (Å²) in [5, 5.41) is 9.41. The molecule has 0 aliphatic carbocycles. The van der Waals surface area contributed by atoms with Gasteiger partial charge in [0.05, 0.1) is 32.0 Å². The van der Waals surface area contributed by atoms with Crippen LogP contribution in [0.2, 0.25) is 0 Å². The third kappa shape index (κ3) is 5.44. The van der Waals surface area contributed by atoms with Crippen LogP contribution < -0.4 is 0 Å². The zero-order chi connectivity index (χ0) is 19.1. The molecule has 0 spiro atoms. The molecule has 2 heterocycles. The van der Waals surface area contributed by atoms with Crippen molar-refractivity contribution in [3.63, 3.8) is 0 Å². The maximum Gasteiger partial charge on any atom is 0.163 e. The Balaban J connectivity index is 1.85. The molecule has 2 aliphatic rings. The largest absolute Gasteiger partial charge is 0.394 e. The third-order valence-electron chi connectivity index (χ3n) is 5.00. The summed E-state index contributed by atoms with van der Waals surface area (Å²) in [6.45, 7) is 8.54. The fourth-order valence-electron chi connectivity index (χ4n) is 3.44. The van der Waals surface area contributed by atoms with Crippen LogP contribution in [0.25, 0.3) is 0 Å². The van der Waals surface area contributed by atoms with Crippen LogP contribution in [-0.2, 0) is 28.0 Å². The van der Waals surface area contributed by atoms with Gasteiger partial charge in [-0.05, 0) is 12.8 Å². The van der Waals surface area contributed by atoms with Crippen molar-refractivity contribution in [2.45, 2.75) is 63.7 Å². The van der Waals surface area contributed by atoms with Crippen molar-refractivity contribution in [2.75, 3.05) is 19.8 Å². The van der Waals surface area contributed by atoms with Crippen molar-refractivity contribution in [2.24, 2.45) is 11.8 Å². The molecule has 0 aromatic carbocycles. The van der Waals surface area contributed by atoms with Crippen molar-refractivity contribution < 1.29 is 33.1 Å². The molecule has 0 aromatic rings. The number of hydrogen-bond donors (Lipinski definition) is 1. The Morgan fingerprint density at radius 2 is 1.58 bits per heavy atom. The second kappa shape index (κ2) is 11.4. The van der Waals surface area contributed by atoms with Crippen molar-refractivity contribution in [3.8, 4) is 0 Å². The monoisotopic (exact) mass is 410 g/mol. The van der Waals surface area contributed by atoms with E-state index in [9.17, 15) is 5.11 Å². The van der Waals surface area contributed by atoms with Crippen molar-refractivity contribution >= 4 is 18.9 Å². The Labute approximate surface area is 160 Å². The highest BCUT2D eigenvalue weighted by Gasteiger charge is 2.46. The lowest BCUT2D eigenvalue weighted by atomic mass is 10.0. The van der Waals surface area contributed by atoms with E-state index in [-0.39, 0.29) is 43.0 Å². The Hall–Kier alpha value is 0.320. The number of aliphatic hydroxyl groups excluding tert-OH is 1. The topological polar surface area (TPSA) is 75.6 Å². The molecule has 0 bridgehead atoms. The fourth-order valence-corrected chi connectivity index (χ4v) is 4.28. The zero-order valence-electron chi connectivity index (χ0n) is 15.5. The minimum Gasteiger partial charge on any atom is -0.394 e. The average Bonchev–Trinajstić information content (AvgIpc) is 3.12. The Morgan fingerprint density at radius 1 is 1.00 bits per heavy atom. The van der Waals surface area contributed by atoms with E-state index < -0.39 is 12.4 Å². The van der Waals surface area contributed by atoms with E-state index in [0.29, 0.717) is 13.2 Å². The summed E-state index contributed by atoms with van der Waals surface area (Å²) in [7, 11) is 4.53. The Kier molecular flexibility index (Phi) is 9.87. The molecule has 0 radical (unpaired) electrons. The van der Waals surface area contributed by atoms with Gasteiger partial charge in [-0.15, -0.1) is 6.58 Å². The number of unbranched alkanes of at least 4 members (excludes halogenated alkanes) is 1. The number of ether oxygens (including phenoxy) is 4. The van der Waals surface area contributed by atoms with Gasteiger partial charge in [-0.1, -0.05) is 19.9 Å². The van der Waals surface area contributed by atoms with Gasteiger partial charge in [-0.2, -0.15) is 0 Å². The van der Waals surface area contributed by atoms with Crippen LogP contribution in [0.4, 0.5) is 0 Å². The molecule has 1 N–H and O–H groups in total. The predicted octanol–water partition coefficient (Wildman–Crippen LogP) is 2.05. The first-order valence-electron chi connectivity index (χ1n) is 9.04. The molecule has 10 unspecified atom stereocenters. The van der Waals surface area contributed by atoms with Gasteiger partial charge < -0.3 is 33.1 Å². The second-order valence-electron chi connectivity index (χ2n) is 6.82. The number of rotatable bonds is 11. The van der Waals surface area contributed by atoms with E-state index in [1.807, 2.05) is 19.9 Å². The van der Waals surface area contributed by atoms with Crippen LogP contribution in [0, 0.1) is 11.8 Å². The first-order chi connectivity index (χ1) is 12.6. The number of hydrogen-bond acceptors (Lipinski definition) is 7. The molecule has 2 aliphatic heterocycles. The lowest BCUT2D eigenvalue weighted by Crippen LogP contribution is -2.33. The molecule has 152 valence electrons. The van der Waals surface area contributed by atoms with Crippen LogP contribution in [0.15, 0.2) is 12.7 Å². The molecule has 0 aromatic heterocycles. The molecule has 2 saturated heterocycles. The van der Waals surface area contributed by atoms with Gasteiger partial charge in [0, 0.05) is 30.8 Å². The lowest BCUT2D eigenvalue weighted by molar-refractivity contribution is -0.194. The highest BCUT2D eigenvalue weighted by Crippen LogP contribution is 2.34. The van der Waals surface area contributed by atoms with Crippen LogP contribution in [0.1, 0.15) is 26.7 Å². The summed E-state index contributed by atoms with van der Waals surface area (Å²) < 4.78 is 34.4. The van der Waals surface area contributed by atoms with Gasteiger partial charge in [0.15, 0.2) is 12.6 Å². The molecular formula is C17H32O7P2. The van der Waals surface area contributed by atoms with E-state index in [4.69, 9.17) is 28.0 Å². The van der Waals surface area contributed by atoms with Crippen LogP contribution >= 0.6 is 18.9 Å². The predicted molar refractivity (Wildman–Crippen MR) is 103 cm³/mol. The highest BCUT2D eigenvalue weighted by molar-refractivity contribution is 7.10. The van der Waals surface area contributed by atoms with Gasteiger partial charge in [0.1, 0.15) is 12.2 Å². The summed E-state index contributed by atoms with van der Waals surface area (Å²) in [5.41, 5.74) is 0. The van der Waals surface area contributed by atoms with E-state index in [1.54, 1.807) is 0 Å². The summed E-state index contributed by atoms with van der Waals surface area (Å²) in [6.07, 6.45) is 1.88. The Bertz CT molecular complexity index is 428. The molecule has 2 fully saturated rings. The average molecular weight is 410 g/mol. The molecular weight excluding hydrogens is 378 g/mol. The molecule has 26 heavy (non-hydrogen) atoms. The summed E-state index contributed by atoms with van der Waals surface area (Å²) >= 11 is 0. The van der Waals surface area contributed by atoms with E-state index >= 15 is 0 Å². The first-order valence-corrected chi connectivity index (χ1v) is 9.98. The van der Waals surface area contributed by atoms with Crippen LogP contribution in [0.5, 0.6) is 0 Å². The maximum atomic E-state index is 9.41. The minimum absolute atomic E-state index is 0.00945. The van der Waals surface area contributed by atoms with Crippen molar-refractivity contribution in [1.82, 2.24) is 0 Å². The summed E-state index contributed by atoms with van der Waals surface area (Å²) in [5.74, 6) is 0.0739. The standard InChI is InChI=1S/C17H32O7P2/c1-4-5-6-7-19-16-11(3)15(24-26)13(22-16)9-20-17-10(2)14(23-25)12(8-18)21-17/h4,10-18H,1,5-9,25-26H2,2-3H3. The second-order valence-corrected chi connectivity index (χ2v) is 7.37. The van der Waals surface area contributed by atoms with E-state index in [2.05, 4.69) is 25.5 Å². The van der Waals surface area contributed by atoms with Gasteiger partial charge in [-0.3, -0.25) is 0 Å². The first kappa shape index (κ1) is 22.6. The number of aliphatic hydroxyl groups is 1. The van der Waals surface area contributed by atoms with Gasteiger partial charge >= 0.3 is 0 Å². The molecule has 7 nitrogen and oxygen atoms in total. The quantitative estimate of drug-likeness (QED) is 0.317. The van der Waals surface area contributed by atoms with Gasteiger partial charge in [0.25, 0.3) is 0 Å². The normalized spacial score (nSPS) is 40.2. The summed E-state index contributed by atoms with van der Waals surface area (Å²) in [4.78, 5) is 0. The SMILES string of the molecule is C=CCCCOC1OC(COC2OC(CO)C(OP)C2C)C(OP)C1C. The Morgan fingerprint density at radius 3 is 2.12 bits per heavy atom. The molecule has 0 amide bonds. The van der Waals surface area contributed by atoms with E-state index in [0.717, 1.165) is 12.8 Å². The smallest absolute Gasteiger partial charge is 0.163 e.